The predicted octanol–water partition coefficient (Wildman–Crippen LogP) is 4.15. The third-order valence-corrected chi connectivity index (χ3v) is 3.25. The number of hydrogen-bond donors (Lipinski definition) is 0. The first-order chi connectivity index (χ1) is 9.65. The molecular weight excluding hydrogens is 324 g/mol. The van der Waals surface area contributed by atoms with E-state index in [1.54, 1.807) is 30.3 Å². The second-order valence-corrected chi connectivity index (χ2v) is 4.46. The first-order valence-electron chi connectivity index (χ1n) is 5.66. The Bertz CT molecular complexity index is 695. The van der Waals surface area contributed by atoms with Crippen LogP contribution in [-0.2, 0) is 5.33 Å². The molecule has 2 rings (SSSR count). The van der Waals surface area contributed by atoms with Crippen molar-refractivity contribution in [2.45, 2.75) is 5.33 Å². The van der Waals surface area contributed by atoms with Gasteiger partial charge in [-0.05, 0) is 23.8 Å². The van der Waals surface area contributed by atoms with Gasteiger partial charge in [-0.3, -0.25) is 10.1 Å². The topological polar surface area (TPSA) is 76.2 Å². The lowest BCUT2D eigenvalue weighted by Crippen LogP contribution is -1.95. The van der Waals surface area contributed by atoms with E-state index in [1.807, 2.05) is 6.07 Å². The summed E-state index contributed by atoms with van der Waals surface area (Å²) in [5.74, 6) is 0.409. The van der Waals surface area contributed by atoms with E-state index in [2.05, 4.69) is 15.9 Å². The van der Waals surface area contributed by atoms with Crippen molar-refractivity contribution < 1.29 is 9.66 Å². The quantitative estimate of drug-likeness (QED) is 0.478. The van der Waals surface area contributed by atoms with Crippen LogP contribution in [0.15, 0.2) is 42.5 Å². The number of nitro groups is 1. The summed E-state index contributed by atoms with van der Waals surface area (Å²) < 4.78 is 5.51. The Morgan fingerprint density at radius 3 is 2.65 bits per heavy atom. The summed E-state index contributed by atoms with van der Waals surface area (Å²) in [6.07, 6.45) is 0. The maximum atomic E-state index is 10.9. The Morgan fingerprint density at radius 2 is 2.00 bits per heavy atom. The molecule has 2 aromatic rings. The lowest BCUT2D eigenvalue weighted by Gasteiger charge is -2.08. The van der Waals surface area contributed by atoms with Crippen LogP contribution in [0.5, 0.6) is 11.5 Å². The van der Waals surface area contributed by atoms with Gasteiger partial charge in [0.25, 0.3) is 0 Å². The third-order valence-electron chi connectivity index (χ3n) is 2.60. The molecule has 5 nitrogen and oxygen atoms in total. The van der Waals surface area contributed by atoms with Gasteiger partial charge < -0.3 is 4.74 Å². The number of nitriles is 1. The van der Waals surface area contributed by atoms with Gasteiger partial charge in [-0.15, -0.1) is 0 Å². The van der Waals surface area contributed by atoms with Gasteiger partial charge in [-0.1, -0.05) is 34.1 Å². The van der Waals surface area contributed by atoms with Crippen molar-refractivity contribution in [3.05, 3.63) is 63.7 Å². The average Bonchev–Trinajstić information content (AvgIpc) is 2.48. The largest absolute Gasteiger partial charge is 0.449 e. The molecule has 0 aromatic heterocycles. The SMILES string of the molecule is N#Cc1cc(CBr)ccc1Oc1ccccc1[N+](=O)[O-]. The molecule has 0 spiro atoms. The zero-order valence-corrected chi connectivity index (χ0v) is 11.8. The molecule has 0 aliphatic rings. The summed E-state index contributed by atoms with van der Waals surface area (Å²) in [5.41, 5.74) is 1.12. The van der Waals surface area contributed by atoms with E-state index in [-0.39, 0.29) is 11.4 Å². The van der Waals surface area contributed by atoms with E-state index in [4.69, 9.17) is 10.00 Å². The highest BCUT2D eigenvalue weighted by atomic mass is 79.9. The number of nitrogens with zero attached hydrogens (tertiary/aromatic N) is 2. The van der Waals surface area contributed by atoms with Crippen molar-refractivity contribution in [1.82, 2.24) is 0 Å². The van der Waals surface area contributed by atoms with Crippen LogP contribution in [0.2, 0.25) is 0 Å². The number of hydrogen-bond acceptors (Lipinski definition) is 4. The molecule has 0 saturated carbocycles. The summed E-state index contributed by atoms with van der Waals surface area (Å²) in [6, 6.07) is 13.2. The molecule has 2 aromatic carbocycles. The van der Waals surface area contributed by atoms with Crippen LogP contribution in [0.4, 0.5) is 5.69 Å². The lowest BCUT2D eigenvalue weighted by molar-refractivity contribution is -0.385. The van der Waals surface area contributed by atoms with E-state index in [0.29, 0.717) is 16.6 Å². The number of para-hydroxylation sites is 2. The number of ether oxygens (including phenoxy) is 1. The van der Waals surface area contributed by atoms with Crippen LogP contribution in [0.1, 0.15) is 11.1 Å². The van der Waals surface area contributed by atoms with Crippen LogP contribution in [-0.4, -0.2) is 4.92 Å². The standard InChI is InChI=1S/C14H9BrN2O3/c15-8-10-5-6-13(11(7-10)9-16)20-14-4-2-1-3-12(14)17(18)19/h1-7H,8H2. The summed E-state index contributed by atoms with van der Waals surface area (Å²) in [7, 11) is 0. The van der Waals surface area contributed by atoms with Gasteiger partial charge in [0.1, 0.15) is 11.8 Å². The second-order valence-electron chi connectivity index (χ2n) is 3.90. The molecule has 0 N–H and O–H groups in total. The molecule has 0 heterocycles. The van der Waals surface area contributed by atoms with Crippen molar-refractivity contribution in [3.8, 4) is 17.6 Å². The molecule has 0 fully saturated rings. The fraction of sp³-hybridized carbons (Fsp3) is 0.0714. The number of nitro benzene ring substituents is 1. The lowest BCUT2D eigenvalue weighted by atomic mass is 10.1. The molecule has 20 heavy (non-hydrogen) atoms. The Kier molecular flexibility index (Phi) is 4.33. The molecule has 0 bridgehead atoms. The summed E-state index contributed by atoms with van der Waals surface area (Å²) in [4.78, 5) is 10.4. The van der Waals surface area contributed by atoms with Crippen LogP contribution >= 0.6 is 15.9 Å². The fourth-order valence-corrected chi connectivity index (χ4v) is 2.00. The van der Waals surface area contributed by atoms with Gasteiger partial charge in [-0.25, -0.2) is 0 Å². The fourth-order valence-electron chi connectivity index (χ4n) is 1.65. The maximum Gasteiger partial charge on any atom is 0.311 e. The Balaban J connectivity index is 2.41. The third kappa shape index (κ3) is 2.95. The van der Waals surface area contributed by atoms with Gasteiger partial charge in [0, 0.05) is 11.4 Å². The molecule has 0 aliphatic heterocycles. The van der Waals surface area contributed by atoms with Gasteiger partial charge in [0.2, 0.25) is 5.75 Å². The molecule has 0 saturated heterocycles. The molecule has 0 unspecified atom stereocenters. The summed E-state index contributed by atoms with van der Waals surface area (Å²) in [5, 5.41) is 20.7. The first-order valence-corrected chi connectivity index (χ1v) is 6.78. The van der Waals surface area contributed by atoms with Gasteiger partial charge in [-0.2, -0.15) is 5.26 Å². The Labute approximate surface area is 123 Å². The van der Waals surface area contributed by atoms with Crippen LogP contribution in [0.25, 0.3) is 0 Å². The van der Waals surface area contributed by atoms with E-state index >= 15 is 0 Å². The summed E-state index contributed by atoms with van der Waals surface area (Å²) in [6.45, 7) is 0. The van der Waals surface area contributed by atoms with Gasteiger partial charge in [0.15, 0.2) is 0 Å². The van der Waals surface area contributed by atoms with Crippen LogP contribution in [0.3, 0.4) is 0 Å². The minimum atomic E-state index is -0.520. The first kappa shape index (κ1) is 14.0. The number of rotatable bonds is 4. The van der Waals surface area contributed by atoms with E-state index in [9.17, 15) is 10.1 Å². The highest BCUT2D eigenvalue weighted by Gasteiger charge is 2.16. The monoisotopic (exact) mass is 332 g/mol. The molecular formula is C14H9BrN2O3. The normalized spacial score (nSPS) is 9.80. The van der Waals surface area contributed by atoms with Crippen molar-refractivity contribution in [2.75, 3.05) is 0 Å². The van der Waals surface area contributed by atoms with Crippen molar-refractivity contribution in [2.24, 2.45) is 0 Å². The number of halogens is 1. The van der Waals surface area contributed by atoms with Crippen molar-refractivity contribution >= 4 is 21.6 Å². The van der Waals surface area contributed by atoms with Crippen LogP contribution < -0.4 is 4.74 Å². The molecule has 0 aliphatic carbocycles. The number of benzene rings is 2. The summed E-state index contributed by atoms with van der Waals surface area (Å²) >= 11 is 3.30. The minimum absolute atomic E-state index is 0.112. The Morgan fingerprint density at radius 1 is 1.25 bits per heavy atom. The van der Waals surface area contributed by atoms with Gasteiger partial charge in [0.05, 0.1) is 10.5 Å². The van der Waals surface area contributed by atoms with Crippen molar-refractivity contribution in [3.63, 3.8) is 0 Å². The van der Waals surface area contributed by atoms with Crippen molar-refractivity contribution in [1.29, 1.82) is 5.26 Å². The molecule has 6 heteroatoms. The number of alkyl halides is 1. The highest BCUT2D eigenvalue weighted by molar-refractivity contribution is 9.08. The smallest absolute Gasteiger partial charge is 0.311 e. The molecule has 0 radical (unpaired) electrons. The van der Waals surface area contributed by atoms with E-state index in [1.165, 1.54) is 12.1 Å². The predicted molar refractivity (Wildman–Crippen MR) is 77.0 cm³/mol. The minimum Gasteiger partial charge on any atom is -0.449 e. The van der Waals surface area contributed by atoms with Crippen LogP contribution in [0, 0.1) is 21.4 Å². The average molecular weight is 333 g/mol. The molecule has 0 atom stereocenters. The molecule has 100 valence electrons. The van der Waals surface area contributed by atoms with E-state index < -0.39 is 4.92 Å². The van der Waals surface area contributed by atoms with E-state index in [0.717, 1.165) is 5.56 Å². The zero-order valence-electron chi connectivity index (χ0n) is 10.2. The Hall–Kier alpha value is -2.39. The zero-order chi connectivity index (χ0) is 14.5. The van der Waals surface area contributed by atoms with Gasteiger partial charge >= 0.3 is 5.69 Å². The maximum absolute atomic E-state index is 10.9. The second kappa shape index (κ2) is 6.17. The highest BCUT2D eigenvalue weighted by Crippen LogP contribution is 2.32. The molecule has 0 amide bonds.